The molecule has 2 aromatic rings. The van der Waals surface area contributed by atoms with Gasteiger partial charge >= 0.3 is 5.97 Å². The van der Waals surface area contributed by atoms with Crippen LogP contribution in [0.2, 0.25) is 0 Å². The Hall–Kier alpha value is -2.86. The quantitative estimate of drug-likeness (QED) is 0.447. The molecule has 4 rings (SSSR count). The van der Waals surface area contributed by atoms with Crippen LogP contribution in [0.15, 0.2) is 59.5 Å². The number of para-hydroxylation sites is 1. The standard InChI is InChI=1S/C23H28N4O2/c1-5-16(23(28)29-4)10-24-15(2)27-13-19-20(14-27)22(19)25-11-17-12-26(3)21-9-7-6-8-18(17)21/h5-10,12,19-20,22,25H,2,11,13-14H2,1,3-4H3/b16-5+,24-10-. The molecule has 1 aliphatic carbocycles. The lowest BCUT2D eigenvalue weighted by atomic mass is 10.2. The number of rotatable bonds is 7. The van der Waals surface area contributed by atoms with Gasteiger partial charge in [0.2, 0.25) is 0 Å². The Kier molecular flexibility index (Phi) is 5.28. The molecule has 2 aliphatic rings. The molecule has 152 valence electrons. The van der Waals surface area contributed by atoms with Crippen LogP contribution < -0.4 is 5.32 Å². The lowest BCUT2D eigenvalue weighted by Gasteiger charge is -2.21. The first-order chi connectivity index (χ1) is 14.0. The number of nitrogens with zero attached hydrogens (tertiary/aromatic N) is 3. The highest BCUT2D eigenvalue weighted by atomic mass is 16.5. The van der Waals surface area contributed by atoms with Crippen LogP contribution in [0, 0.1) is 11.8 Å². The van der Waals surface area contributed by atoms with Crippen LogP contribution in [0.25, 0.3) is 10.9 Å². The highest BCUT2D eigenvalue weighted by Gasteiger charge is 2.55. The average molecular weight is 393 g/mol. The van der Waals surface area contributed by atoms with Gasteiger partial charge in [0, 0.05) is 56.0 Å². The number of nitrogens with one attached hydrogen (secondary N) is 1. The van der Waals surface area contributed by atoms with Gasteiger partial charge in [-0.25, -0.2) is 9.79 Å². The second-order valence-corrected chi connectivity index (χ2v) is 7.83. The van der Waals surface area contributed by atoms with Crippen LogP contribution in [0.1, 0.15) is 12.5 Å². The second kappa shape index (κ2) is 7.87. The van der Waals surface area contributed by atoms with E-state index in [1.165, 1.54) is 29.8 Å². The summed E-state index contributed by atoms with van der Waals surface area (Å²) in [7, 11) is 3.47. The van der Waals surface area contributed by atoms with Crippen molar-refractivity contribution in [1.82, 2.24) is 14.8 Å². The lowest BCUT2D eigenvalue weighted by molar-refractivity contribution is -0.135. The number of aliphatic imine (C=N–C) groups is 1. The molecule has 1 saturated carbocycles. The van der Waals surface area contributed by atoms with Gasteiger partial charge in [0.25, 0.3) is 0 Å². The number of hydrogen-bond donors (Lipinski definition) is 1. The molecule has 1 aromatic heterocycles. The number of carbonyl (C=O) groups is 1. The summed E-state index contributed by atoms with van der Waals surface area (Å²) in [6, 6.07) is 9.09. The zero-order valence-corrected chi connectivity index (χ0v) is 17.3. The van der Waals surface area contributed by atoms with E-state index in [4.69, 9.17) is 4.74 Å². The highest BCUT2D eigenvalue weighted by molar-refractivity contribution is 6.09. The van der Waals surface area contributed by atoms with Crippen molar-refractivity contribution in [2.45, 2.75) is 19.5 Å². The fourth-order valence-electron chi connectivity index (χ4n) is 4.42. The van der Waals surface area contributed by atoms with E-state index in [2.05, 4.69) is 63.9 Å². The van der Waals surface area contributed by atoms with Crippen molar-refractivity contribution in [2.24, 2.45) is 23.9 Å². The largest absolute Gasteiger partial charge is 0.465 e. The van der Waals surface area contributed by atoms with Gasteiger partial charge in [-0.1, -0.05) is 30.9 Å². The van der Waals surface area contributed by atoms with Crippen LogP contribution in [-0.4, -0.2) is 47.9 Å². The summed E-state index contributed by atoms with van der Waals surface area (Å²) in [5, 5.41) is 5.07. The normalized spacial score (nSPS) is 23.6. The number of methoxy groups -OCH3 is 1. The van der Waals surface area contributed by atoms with Crippen molar-refractivity contribution in [3.05, 3.63) is 60.1 Å². The molecule has 2 atom stereocenters. The molecule has 6 heteroatoms. The Labute approximate surface area is 171 Å². The third-order valence-electron chi connectivity index (χ3n) is 6.15. The summed E-state index contributed by atoms with van der Waals surface area (Å²) in [4.78, 5) is 18.2. The van der Waals surface area contributed by atoms with E-state index >= 15 is 0 Å². The van der Waals surface area contributed by atoms with E-state index < -0.39 is 0 Å². The smallest absolute Gasteiger partial charge is 0.339 e. The first-order valence-electron chi connectivity index (χ1n) is 10.0. The number of aromatic nitrogens is 1. The van der Waals surface area contributed by atoms with Gasteiger partial charge in [0.05, 0.1) is 12.7 Å². The van der Waals surface area contributed by atoms with Crippen molar-refractivity contribution in [3.8, 4) is 0 Å². The van der Waals surface area contributed by atoms with Gasteiger partial charge in [-0.05, 0) is 30.4 Å². The van der Waals surface area contributed by atoms with Crippen LogP contribution in [0.4, 0.5) is 0 Å². The number of aryl methyl sites for hydroxylation is 1. The highest BCUT2D eigenvalue weighted by Crippen LogP contribution is 2.46. The second-order valence-electron chi connectivity index (χ2n) is 7.83. The number of hydrogen-bond acceptors (Lipinski definition) is 5. The van der Waals surface area contributed by atoms with Gasteiger partial charge in [-0.3, -0.25) is 0 Å². The number of likely N-dealkylation sites (tertiary alicyclic amines) is 1. The van der Waals surface area contributed by atoms with Crippen LogP contribution in [0.3, 0.4) is 0 Å². The molecule has 2 fully saturated rings. The van der Waals surface area contributed by atoms with Crippen molar-refractivity contribution < 1.29 is 9.53 Å². The number of ether oxygens (including phenoxy) is 1. The first kappa shape index (κ1) is 19.5. The Morgan fingerprint density at radius 1 is 1.34 bits per heavy atom. The summed E-state index contributed by atoms with van der Waals surface area (Å²) in [5.74, 6) is 1.59. The molecule has 2 unspecified atom stereocenters. The first-order valence-corrected chi connectivity index (χ1v) is 10.0. The number of fused-ring (bicyclic) bond motifs is 2. The molecule has 1 saturated heterocycles. The Morgan fingerprint density at radius 2 is 2.07 bits per heavy atom. The van der Waals surface area contributed by atoms with E-state index in [0.717, 1.165) is 19.6 Å². The topological polar surface area (TPSA) is 58.9 Å². The van der Waals surface area contributed by atoms with Gasteiger partial charge in [-0.2, -0.15) is 0 Å². The molecule has 1 aromatic carbocycles. The molecule has 0 amide bonds. The molecule has 1 aliphatic heterocycles. The predicted octanol–water partition coefficient (Wildman–Crippen LogP) is 2.86. The van der Waals surface area contributed by atoms with Gasteiger partial charge < -0.3 is 19.5 Å². The number of allylic oxidation sites excluding steroid dienone is 1. The summed E-state index contributed by atoms with van der Waals surface area (Å²) >= 11 is 0. The van der Waals surface area contributed by atoms with Crippen LogP contribution in [0.5, 0.6) is 0 Å². The maximum atomic E-state index is 11.6. The monoisotopic (exact) mass is 392 g/mol. The van der Waals surface area contributed by atoms with E-state index in [1.54, 1.807) is 13.0 Å². The lowest BCUT2D eigenvalue weighted by Crippen LogP contribution is -2.30. The molecule has 6 nitrogen and oxygen atoms in total. The maximum Gasteiger partial charge on any atom is 0.339 e. The molecule has 29 heavy (non-hydrogen) atoms. The fourth-order valence-corrected chi connectivity index (χ4v) is 4.42. The maximum absolute atomic E-state index is 11.6. The summed E-state index contributed by atoms with van der Waals surface area (Å²) in [5.41, 5.74) is 3.06. The molecule has 0 spiro atoms. The Balaban J connectivity index is 1.29. The predicted molar refractivity (Wildman–Crippen MR) is 116 cm³/mol. The molecular weight excluding hydrogens is 364 g/mol. The zero-order valence-electron chi connectivity index (χ0n) is 17.3. The van der Waals surface area contributed by atoms with Crippen molar-refractivity contribution in [1.29, 1.82) is 0 Å². The van der Waals surface area contributed by atoms with Gasteiger partial charge in [0.15, 0.2) is 0 Å². The third kappa shape index (κ3) is 3.72. The van der Waals surface area contributed by atoms with Crippen molar-refractivity contribution in [3.63, 3.8) is 0 Å². The van der Waals surface area contributed by atoms with Gasteiger partial charge in [-0.15, -0.1) is 0 Å². The minimum atomic E-state index is -0.383. The van der Waals surface area contributed by atoms with Crippen LogP contribution in [-0.2, 0) is 23.1 Å². The minimum Gasteiger partial charge on any atom is -0.465 e. The SMILES string of the molecule is C=C(/N=C\C(=C/C)C(=O)OC)N1CC2C(C1)C2NCc1cn(C)c2ccccc12. The average Bonchev–Trinajstić information content (AvgIpc) is 3.05. The van der Waals surface area contributed by atoms with Crippen molar-refractivity contribution in [2.75, 3.05) is 20.2 Å². The van der Waals surface area contributed by atoms with E-state index in [0.29, 0.717) is 29.3 Å². The Bertz CT molecular complexity index is 991. The summed E-state index contributed by atoms with van der Waals surface area (Å²) in [6.45, 7) is 8.66. The number of carbonyl (C=O) groups excluding carboxylic acids is 1. The number of piperidine rings is 1. The van der Waals surface area contributed by atoms with Crippen molar-refractivity contribution >= 4 is 23.1 Å². The molecular formula is C23H28N4O2. The number of benzene rings is 1. The zero-order chi connectivity index (χ0) is 20.5. The Morgan fingerprint density at radius 3 is 2.76 bits per heavy atom. The molecule has 2 heterocycles. The van der Waals surface area contributed by atoms with E-state index in [9.17, 15) is 4.79 Å². The minimum absolute atomic E-state index is 0.383. The summed E-state index contributed by atoms with van der Waals surface area (Å²) < 4.78 is 6.93. The van der Waals surface area contributed by atoms with E-state index in [1.807, 2.05) is 0 Å². The van der Waals surface area contributed by atoms with Gasteiger partial charge in [0.1, 0.15) is 5.82 Å². The molecule has 0 radical (unpaired) electrons. The molecule has 0 bridgehead atoms. The summed E-state index contributed by atoms with van der Waals surface area (Å²) in [6.07, 6.45) is 5.45. The molecule has 1 N–H and O–H groups in total. The van der Waals surface area contributed by atoms with E-state index in [-0.39, 0.29) is 5.97 Å². The van der Waals surface area contributed by atoms with Crippen LogP contribution >= 0.6 is 0 Å². The number of esters is 1. The fraction of sp³-hybridized carbons (Fsp3) is 0.391. The third-order valence-corrected chi connectivity index (χ3v) is 6.15.